The second-order valence-corrected chi connectivity index (χ2v) is 15.8. The zero-order chi connectivity index (χ0) is 39.6. The first-order chi connectivity index (χ1) is 26.5. The second kappa shape index (κ2) is 42.2. The van der Waals surface area contributed by atoms with Gasteiger partial charge in [-0.2, -0.15) is 0 Å². The number of aliphatic hydroxyl groups is 2. The summed E-state index contributed by atoms with van der Waals surface area (Å²) in [5, 5.41) is 23.6. The molecule has 0 saturated heterocycles. The molecule has 0 rings (SSSR count). The molecular weight excluding hydrogens is 671 g/mol. The van der Waals surface area contributed by atoms with Gasteiger partial charge in [-0.05, 0) is 44.9 Å². The molecule has 54 heavy (non-hydrogen) atoms. The molecule has 0 bridgehead atoms. The number of carbonyl (C=O) groups excluding carboxylic acids is 2. The van der Waals surface area contributed by atoms with Crippen molar-refractivity contribution in [3.05, 3.63) is 36.5 Å². The van der Waals surface area contributed by atoms with Gasteiger partial charge in [-0.15, -0.1) is 0 Å². The van der Waals surface area contributed by atoms with Gasteiger partial charge >= 0.3 is 5.97 Å². The fourth-order valence-electron chi connectivity index (χ4n) is 7.02. The van der Waals surface area contributed by atoms with Crippen LogP contribution in [-0.4, -0.2) is 46.9 Å². The Balaban J connectivity index is 4.60. The highest BCUT2D eigenvalue weighted by Crippen LogP contribution is 2.17. The van der Waals surface area contributed by atoms with Crippen LogP contribution in [0.2, 0.25) is 0 Å². The Kier molecular flexibility index (Phi) is 40.7. The predicted octanol–water partition coefficient (Wildman–Crippen LogP) is 13.3. The van der Waals surface area contributed by atoms with Gasteiger partial charge in [-0.25, -0.2) is 0 Å². The summed E-state index contributed by atoms with van der Waals surface area (Å²) in [6, 6.07) is -0.707. The molecule has 0 heterocycles. The number of carbonyl (C=O) groups is 2. The van der Waals surface area contributed by atoms with Gasteiger partial charge in [0.05, 0.1) is 25.2 Å². The zero-order valence-corrected chi connectivity index (χ0v) is 35.9. The zero-order valence-electron chi connectivity index (χ0n) is 35.9. The lowest BCUT2D eigenvalue weighted by atomic mass is 10.0. The van der Waals surface area contributed by atoms with Crippen molar-refractivity contribution in [3.8, 4) is 0 Å². The maximum atomic E-state index is 13.1. The Hall–Kier alpha value is -1.92. The SMILES string of the molecule is CC/C=C/C=C/C=C\CCCCCC(CC(=O)NC(CO)C(O)CCCCCCCCCCCCCC)OC(=O)CCCCCCCCCCCCCC. The number of nitrogens with one attached hydrogen (secondary N) is 1. The lowest BCUT2D eigenvalue weighted by Gasteiger charge is -2.24. The van der Waals surface area contributed by atoms with Crippen LogP contribution in [0.25, 0.3) is 0 Å². The van der Waals surface area contributed by atoms with Crippen LogP contribution in [0.15, 0.2) is 36.5 Å². The van der Waals surface area contributed by atoms with Gasteiger partial charge in [0, 0.05) is 6.42 Å². The molecule has 1 amide bonds. The molecule has 0 aromatic carbocycles. The van der Waals surface area contributed by atoms with Crippen LogP contribution in [0.5, 0.6) is 0 Å². The number of esters is 1. The normalized spacial score (nSPS) is 13.6. The van der Waals surface area contributed by atoms with Crippen molar-refractivity contribution in [2.24, 2.45) is 0 Å². The molecule has 0 aromatic heterocycles. The van der Waals surface area contributed by atoms with Crippen molar-refractivity contribution >= 4 is 11.9 Å². The topological polar surface area (TPSA) is 95.9 Å². The molecule has 0 aromatic rings. The third kappa shape index (κ3) is 37.0. The largest absolute Gasteiger partial charge is 0.462 e. The van der Waals surface area contributed by atoms with Gasteiger partial charge in [0.2, 0.25) is 5.91 Å². The van der Waals surface area contributed by atoms with E-state index in [4.69, 9.17) is 4.74 Å². The molecule has 3 unspecified atom stereocenters. The van der Waals surface area contributed by atoms with Gasteiger partial charge in [0.15, 0.2) is 0 Å². The number of hydrogen-bond donors (Lipinski definition) is 3. The molecule has 0 aliphatic rings. The molecule has 0 saturated carbocycles. The summed E-state index contributed by atoms with van der Waals surface area (Å²) in [5.74, 6) is -0.504. The number of unbranched alkanes of at least 4 members (excludes halogenated alkanes) is 25. The number of amides is 1. The first-order valence-corrected chi connectivity index (χ1v) is 23.2. The smallest absolute Gasteiger partial charge is 0.306 e. The lowest BCUT2D eigenvalue weighted by Crippen LogP contribution is -2.46. The first-order valence-electron chi connectivity index (χ1n) is 23.2. The Bertz CT molecular complexity index is 900. The number of hydrogen-bond acceptors (Lipinski definition) is 5. The summed E-state index contributed by atoms with van der Waals surface area (Å²) >= 11 is 0. The summed E-state index contributed by atoms with van der Waals surface area (Å²) in [4.78, 5) is 26.0. The number of rotatable bonds is 41. The highest BCUT2D eigenvalue weighted by molar-refractivity contribution is 5.77. The Morgan fingerprint density at radius 3 is 1.50 bits per heavy atom. The summed E-state index contributed by atoms with van der Waals surface area (Å²) in [6.45, 7) is 6.32. The van der Waals surface area contributed by atoms with E-state index in [0.717, 1.165) is 70.6 Å². The van der Waals surface area contributed by atoms with Crippen molar-refractivity contribution in [1.29, 1.82) is 0 Å². The molecule has 0 spiro atoms. The molecule has 3 atom stereocenters. The Labute approximate surface area is 334 Å². The number of ether oxygens (including phenoxy) is 1. The van der Waals surface area contributed by atoms with Crippen molar-refractivity contribution in [1.82, 2.24) is 5.32 Å². The van der Waals surface area contributed by atoms with Crippen LogP contribution in [-0.2, 0) is 14.3 Å². The van der Waals surface area contributed by atoms with Crippen molar-refractivity contribution in [2.75, 3.05) is 6.61 Å². The van der Waals surface area contributed by atoms with Gasteiger partial charge < -0.3 is 20.3 Å². The van der Waals surface area contributed by atoms with Crippen LogP contribution in [0.1, 0.15) is 233 Å². The molecule has 316 valence electrons. The number of allylic oxidation sites excluding steroid dienone is 6. The lowest BCUT2D eigenvalue weighted by molar-refractivity contribution is -0.151. The highest BCUT2D eigenvalue weighted by Gasteiger charge is 2.24. The van der Waals surface area contributed by atoms with E-state index in [9.17, 15) is 19.8 Å². The molecule has 0 fully saturated rings. The molecule has 0 aliphatic carbocycles. The quantitative estimate of drug-likeness (QED) is 0.0328. The average molecular weight is 760 g/mol. The molecule has 0 aliphatic heterocycles. The molecule has 6 heteroatoms. The van der Waals surface area contributed by atoms with Crippen LogP contribution in [0.3, 0.4) is 0 Å². The van der Waals surface area contributed by atoms with Gasteiger partial charge in [-0.3, -0.25) is 9.59 Å². The fraction of sp³-hybridized carbons (Fsp3) is 0.833. The second-order valence-electron chi connectivity index (χ2n) is 15.8. The summed E-state index contributed by atoms with van der Waals surface area (Å²) in [7, 11) is 0. The van der Waals surface area contributed by atoms with Crippen LogP contribution in [0, 0.1) is 0 Å². The van der Waals surface area contributed by atoms with Crippen molar-refractivity contribution < 1.29 is 24.5 Å². The van der Waals surface area contributed by atoms with Crippen LogP contribution >= 0.6 is 0 Å². The number of aliphatic hydroxyl groups excluding tert-OH is 2. The fourth-order valence-corrected chi connectivity index (χ4v) is 7.02. The van der Waals surface area contributed by atoms with Crippen LogP contribution in [0.4, 0.5) is 0 Å². The Morgan fingerprint density at radius 1 is 0.556 bits per heavy atom. The van der Waals surface area contributed by atoms with E-state index in [2.05, 4.69) is 50.4 Å². The van der Waals surface area contributed by atoms with Crippen LogP contribution < -0.4 is 5.32 Å². The molecule has 0 radical (unpaired) electrons. The Morgan fingerprint density at radius 2 is 1.00 bits per heavy atom. The van der Waals surface area contributed by atoms with E-state index in [0.29, 0.717) is 19.3 Å². The standard InChI is InChI=1S/C48H89NO5/c1-4-7-10-13-16-19-22-25-28-31-34-37-40-46(51)45(43-50)49-47(52)42-44(39-36-33-30-27-24-21-18-15-12-9-6-3)54-48(53)41-38-35-32-29-26-23-20-17-14-11-8-5-2/h9,12,15,18,21,24,44-46,50-51H,4-8,10-11,13-14,16-17,19-20,22-23,25-43H2,1-3H3,(H,49,52)/b12-9+,18-15+,24-21-. The molecular formula is C48H89NO5. The summed E-state index contributed by atoms with van der Waals surface area (Å²) < 4.78 is 5.88. The maximum Gasteiger partial charge on any atom is 0.306 e. The average Bonchev–Trinajstić information content (AvgIpc) is 3.16. The van der Waals surface area contributed by atoms with E-state index in [1.165, 1.54) is 116 Å². The minimum atomic E-state index is -0.792. The van der Waals surface area contributed by atoms with Gasteiger partial charge in [-0.1, -0.05) is 211 Å². The first kappa shape index (κ1) is 52.1. The van der Waals surface area contributed by atoms with E-state index >= 15 is 0 Å². The molecule has 6 nitrogen and oxygen atoms in total. The minimum Gasteiger partial charge on any atom is -0.462 e. The maximum absolute atomic E-state index is 13.1. The van der Waals surface area contributed by atoms with Gasteiger partial charge in [0.25, 0.3) is 0 Å². The monoisotopic (exact) mass is 760 g/mol. The van der Waals surface area contributed by atoms with E-state index in [1.807, 2.05) is 12.2 Å². The molecule has 3 N–H and O–H groups in total. The predicted molar refractivity (Wildman–Crippen MR) is 232 cm³/mol. The summed E-state index contributed by atoms with van der Waals surface area (Å²) in [5.41, 5.74) is 0. The third-order valence-corrected chi connectivity index (χ3v) is 10.5. The van der Waals surface area contributed by atoms with E-state index in [1.54, 1.807) is 0 Å². The van der Waals surface area contributed by atoms with Crippen molar-refractivity contribution in [2.45, 2.75) is 251 Å². The highest BCUT2D eigenvalue weighted by atomic mass is 16.5. The summed E-state index contributed by atoms with van der Waals surface area (Å²) in [6.07, 6.45) is 47.7. The third-order valence-electron chi connectivity index (χ3n) is 10.5. The van der Waals surface area contributed by atoms with Gasteiger partial charge in [0.1, 0.15) is 6.10 Å². The van der Waals surface area contributed by atoms with Crippen molar-refractivity contribution in [3.63, 3.8) is 0 Å². The van der Waals surface area contributed by atoms with E-state index < -0.39 is 18.2 Å². The minimum absolute atomic E-state index is 0.0575. The van der Waals surface area contributed by atoms with E-state index in [-0.39, 0.29) is 24.9 Å².